The van der Waals surface area contributed by atoms with E-state index in [0.717, 1.165) is 11.6 Å². The summed E-state index contributed by atoms with van der Waals surface area (Å²) < 4.78 is 44.0. The Hall–Kier alpha value is -4.22. The van der Waals surface area contributed by atoms with Gasteiger partial charge in [0.2, 0.25) is 0 Å². The lowest BCUT2D eigenvalue weighted by molar-refractivity contribution is -0.142. The fraction of sp³-hybridized carbons (Fsp3) is 0.346. The molecule has 0 spiro atoms. The van der Waals surface area contributed by atoms with Crippen LogP contribution in [0.25, 0.3) is 16.9 Å². The molecule has 38 heavy (non-hydrogen) atoms. The smallest absolute Gasteiger partial charge is 0.351 e. The number of aromatic nitrogens is 5. The summed E-state index contributed by atoms with van der Waals surface area (Å²) in [6, 6.07) is 9.22. The molecule has 3 aromatic heterocycles. The summed E-state index contributed by atoms with van der Waals surface area (Å²) in [5, 5.41) is 13.3. The predicted octanol–water partition coefficient (Wildman–Crippen LogP) is 5.15. The minimum Gasteiger partial charge on any atom is -0.351 e. The third-order valence-corrected chi connectivity index (χ3v) is 5.91. The molecule has 9 nitrogen and oxygen atoms in total. The first kappa shape index (κ1) is 26.8. The highest BCUT2D eigenvalue weighted by Crippen LogP contribution is 2.33. The van der Waals surface area contributed by atoms with Crippen molar-refractivity contribution in [1.82, 2.24) is 29.7 Å². The Labute approximate surface area is 217 Å². The molecular weight excluding hydrogens is 499 g/mol. The van der Waals surface area contributed by atoms with Gasteiger partial charge in [-0.15, -0.1) is 0 Å². The van der Waals surface area contributed by atoms with Gasteiger partial charge in [-0.3, -0.25) is 14.3 Å². The first-order valence-corrected chi connectivity index (χ1v) is 12.3. The van der Waals surface area contributed by atoms with Crippen LogP contribution >= 0.6 is 0 Å². The second-order valence-corrected chi connectivity index (χ2v) is 9.06. The zero-order chi connectivity index (χ0) is 27.6. The number of alkyl halides is 3. The van der Waals surface area contributed by atoms with Crippen LogP contribution in [0, 0.1) is 0 Å². The zero-order valence-corrected chi connectivity index (χ0v) is 21.4. The van der Waals surface area contributed by atoms with Crippen LogP contribution in [0.2, 0.25) is 0 Å². The number of halogens is 3. The van der Waals surface area contributed by atoms with Crippen LogP contribution in [-0.2, 0) is 12.7 Å². The molecule has 0 aliphatic rings. The van der Waals surface area contributed by atoms with E-state index in [4.69, 9.17) is 0 Å². The topological polar surface area (TPSA) is 106 Å². The average Bonchev–Trinajstić information content (AvgIpc) is 3.50. The number of rotatable bonds is 8. The van der Waals surface area contributed by atoms with Crippen molar-refractivity contribution in [3.8, 4) is 11.3 Å². The average molecular weight is 528 g/mol. The van der Waals surface area contributed by atoms with E-state index in [0.29, 0.717) is 29.6 Å². The van der Waals surface area contributed by atoms with E-state index in [2.05, 4.69) is 25.8 Å². The molecular formula is C26H28F3N7O2. The maximum absolute atomic E-state index is 14.0. The summed E-state index contributed by atoms with van der Waals surface area (Å²) in [5.41, 5.74) is 0.273. The van der Waals surface area contributed by atoms with Crippen LogP contribution in [0.1, 0.15) is 72.3 Å². The molecule has 0 saturated heterocycles. The highest BCUT2D eigenvalue weighted by molar-refractivity contribution is 6.07. The van der Waals surface area contributed by atoms with Crippen molar-refractivity contribution in [3.05, 3.63) is 65.2 Å². The molecule has 0 aliphatic heterocycles. The Morgan fingerprint density at radius 3 is 2.34 bits per heavy atom. The highest BCUT2D eigenvalue weighted by Gasteiger charge is 2.36. The minimum absolute atomic E-state index is 0.00125. The number of nitrogens with zero attached hydrogens (tertiary/aromatic N) is 5. The molecule has 0 unspecified atom stereocenters. The molecule has 0 fully saturated rings. The van der Waals surface area contributed by atoms with Crippen LogP contribution in [-0.4, -0.2) is 42.7 Å². The number of anilines is 1. The summed E-state index contributed by atoms with van der Waals surface area (Å²) in [6.45, 7) is 8.62. The van der Waals surface area contributed by atoms with Gasteiger partial charge in [-0.05, 0) is 30.9 Å². The summed E-state index contributed by atoms with van der Waals surface area (Å²) in [5.74, 6) is -1.01. The van der Waals surface area contributed by atoms with E-state index in [1.54, 1.807) is 12.1 Å². The minimum atomic E-state index is -4.75. The molecule has 2 N–H and O–H groups in total. The summed E-state index contributed by atoms with van der Waals surface area (Å²) >= 11 is 0. The maximum atomic E-state index is 14.0. The Kier molecular flexibility index (Phi) is 7.51. The first-order valence-electron chi connectivity index (χ1n) is 12.3. The van der Waals surface area contributed by atoms with Gasteiger partial charge < -0.3 is 10.6 Å². The number of aryl methyl sites for hydroxylation is 1. The fourth-order valence-corrected chi connectivity index (χ4v) is 3.83. The summed E-state index contributed by atoms with van der Waals surface area (Å²) in [6.07, 6.45) is -2.56. The van der Waals surface area contributed by atoms with Gasteiger partial charge in [0.1, 0.15) is 0 Å². The number of benzene rings is 1. The van der Waals surface area contributed by atoms with Gasteiger partial charge in [0, 0.05) is 30.9 Å². The van der Waals surface area contributed by atoms with Crippen LogP contribution in [0.5, 0.6) is 0 Å². The van der Waals surface area contributed by atoms with E-state index in [1.807, 2.05) is 39.8 Å². The van der Waals surface area contributed by atoms with Gasteiger partial charge in [0.25, 0.3) is 11.8 Å². The van der Waals surface area contributed by atoms with E-state index in [9.17, 15) is 22.8 Å². The van der Waals surface area contributed by atoms with Gasteiger partial charge in [-0.25, -0.2) is 9.50 Å². The molecule has 0 radical (unpaired) electrons. The van der Waals surface area contributed by atoms with Crippen molar-refractivity contribution >= 4 is 23.1 Å². The van der Waals surface area contributed by atoms with Gasteiger partial charge in [-0.1, -0.05) is 45.0 Å². The maximum Gasteiger partial charge on any atom is 0.433 e. The van der Waals surface area contributed by atoms with Crippen molar-refractivity contribution in [1.29, 1.82) is 0 Å². The van der Waals surface area contributed by atoms with Crippen LogP contribution < -0.4 is 10.6 Å². The zero-order valence-electron chi connectivity index (χ0n) is 21.4. The lowest BCUT2D eigenvalue weighted by atomic mass is 10.0. The normalized spacial score (nSPS) is 11.8. The number of fused-ring (bicyclic) bond motifs is 1. The lowest BCUT2D eigenvalue weighted by Crippen LogP contribution is -2.26. The quantitative estimate of drug-likeness (QED) is 0.330. The Balaban J connectivity index is 1.71. The third kappa shape index (κ3) is 5.53. The van der Waals surface area contributed by atoms with Gasteiger partial charge in [0.05, 0.1) is 11.4 Å². The predicted molar refractivity (Wildman–Crippen MR) is 136 cm³/mol. The molecule has 3 heterocycles. The second-order valence-electron chi connectivity index (χ2n) is 9.06. The number of carbonyl (C=O) groups excluding carboxylic acids is 2. The fourth-order valence-electron chi connectivity index (χ4n) is 3.83. The second kappa shape index (κ2) is 10.6. The standard InChI is InChI=1S/C26H28F3N7O2/c1-5-11-30-25(38)23-20(14-35(6-2)34-23)32-24(37)19-13-22-31-18(12-21(26(27,28)29)36(22)33-19)17-9-7-16(8-10-17)15(3)4/h7-10,12-15H,5-6,11H2,1-4H3,(H,30,38)(H,32,37). The molecule has 0 saturated carbocycles. The molecule has 4 aromatic rings. The number of carbonyl (C=O) groups is 2. The van der Waals surface area contributed by atoms with Gasteiger partial charge >= 0.3 is 6.18 Å². The van der Waals surface area contributed by atoms with E-state index in [1.165, 1.54) is 16.9 Å². The molecule has 0 atom stereocenters. The lowest BCUT2D eigenvalue weighted by Gasteiger charge is -2.12. The molecule has 1 aromatic carbocycles. The van der Waals surface area contributed by atoms with Crippen LogP contribution in [0.3, 0.4) is 0 Å². The Morgan fingerprint density at radius 2 is 1.74 bits per heavy atom. The van der Waals surface area contributed by atoms with Crippen molar-refractivity contribution in [2.45, 2.75) is 52.8 Å². The highest BCUT2D eigenvalue weighted by atomic mass is 19.4. The third-order valence-electron chi connectivity index (χ3n) is 5.91. The van der Waals surface area contributed by atoms with Crippen LogP contribution in [0.15, 0.2) is 42.6 Å². The molecule has 200 valence electrons. The van der Waals surface area contributed by atoms with E-state index < -0.39 is 23.7 Å². The molecule has 4 rings (SSSR count). The van der Waals surface area contributed by atoms with Crippen LogP contribution in [0.4, 0.5) is 18.9 Å². The number of hydrogen-bond donors (Lipinski definition) is 2. The first-order chi connectivity index (χ1) is 18.0. The van der Waals surface area contributed by atoms with Gasteiger partial charge in [-0.2, -0.15) is 23.4 Å². The van der Waals surface area contributed by atoms with Gasteiger partial charge in [0.15, 0.2) is 22.7 Å². The molecule has 12 heteroatoms. The van der Waals surface area contributed by atoms with Crippen molar-refractivity contribution in [3.63, 3.8) is 0 Å². The summed E-state index contributed by atoms with van der Waals surface area (Å²) in [4.78, 5) is 29.9. The Morgan fingerprint density at radius 1 is 1.03 bits per heavy atom. The van der Waals surface area contributed by atoms with E-state index >= 15 is 0 Å². The van der Waals surface area contributed by atoms with Crippen molar-refractivity contribution in [2.75, 3.05) is 11.9 Å². The summed E-state index contributed by atoms with van der Waals surface area (Å²) in [7, 11) is 0. The molecule has 0 bridgehead atoms. The number of amides is 2. The van der Waals surface area contributed by atoms with E-state index in [-0.39, 0.29) is 34.3 Å². The van der Waals surface area contributed by atoms with Crippen molar-refractivity contribution in [2.24, 2.45) is 0 Å². The molecule has 2 amide bonds. The molecule has 0 aliphatic carbocycles. The Bertz CT molecular complexity index is 1470. The van der Waals surface area contributed by atoms with Crippen molar-refractivity contribution < 1.29 is 22.8 Å². The SMILES string of the molecule is CCCNC(=O)c1nn(CC)cc1NC(=O)c1cc2nc(-c3ccc(C(C)C)cc3)cc(C(F)(F)F)n2n1. The number of hydrogen-bond acceptors (Lipinski definition) is 5. The number of nitrogens with one attached hydrogen (secondary N) is 2. The largest absolute Gasteiger partial charge is 0.433 e. The monoisotopic (exact) mass is 527 g/mol.